The van der Waals surface area contributed by atoms with Crippen molar-refractivity contribution in [1.82, 2.24) is 5.32 Å². The van der Waals surface area contributed by atoms with Crippen LogP contribution in [0.4, 0.5) is 0 Å². The largest absolute Gasteiger partial charge is 0.371 e. The zero-order chi connectivity index (χ0) is 10.1. The lowest BCUT2D eigenvalue weighted by molar-refractivity contribution is 0.0260. The zero-order valence-electron chi connectivity index (χ0n) is 8.91. The Morgan fingerprint density at radius 1 is 1.20 bits per heavy atom. The normalized spacial score (nSPS) is 25.2. The van der Waals surface area contributed by atoms with Crippen LogP contribution in [0.5, 0.6) is 0 Å². The maximum atomic E-state index is 5.73. The van der Waals surface area contributed by atoms with Crippen molar-refractivity contribution < 1.29 is 4.74 Å². The van der Waals surface area contributed by atoms with Crippen molar-refractivity contribution in [2.45, 2.75) is 25.4 Å². The molecular formula is C13H16NO. The van der Waals surface area contributed by atoms with Gasteiger partial charge in [0.25, 0.3) is 0 Å². The third-order valence-electron chi connectivity index (χ3n) is 3.36. The van der Waals surface area contributed by atoms with Crippen LogP contribution < -0.4 is 5.32 Å². The number of hydrogen-bond acceptors (Lipinski definition) is 1. The fraction of sp³-hybridized carbons (Fsp3) is 0.538. The minimum Gasteiger partial charge on any atom is -0.371 e. The Bertz CT molecular complexity index is 356. The molecule has 2 nitrogen and oxygen atoms in total. The highest BCUT2D eigenvalue weighted by atomic mass is 16.5. The first-order chi connectivity index (χ1) is 7.43. The summed E-state index contributed by atoms with van der Waals surface area (Å²) in [4.78, 5) is 0. The molecule has 1 radical (unpaired) electrons. The number of aryl methyl sites for hydroxylation is 2. The first-order valence-corrected chi connectivity index (χ1v) is 5.80. The Morgan fingerprint density at radius 2 is 2.13 bits per heavy atom. The molecule has 1 saturated heterocycles. The van der Waals surface area contributed by atoms with Gasteiger partial charge in [-0.3, -0.25) is 0 Å². The molecule has 3 rings (SSSR count). The van der Waals surface area contributed by atoms with Gasteiger partial charge in [0.15, 0.2) is 0 Å². The number of ether oxygens (including phenoxy) is 1. The Balaban J connectivity index is 1.85. The second-order valence-electron chi connectivity index (χ2n) is 4.37. The van der Waals surface area contributed by atoms with E-state index in [1.807, 2.05) is 0 Å². The number of hydrogen-bond donors (Lipinski definition) is 0. The lowest BCUT2D eigenvalue weighted by atomic mass is 10.0. The van der Waals surface area contributed by atoms with Gasteiger partial charge < -0.3 is 4.74 Å². The van der Waals surface area contributed by atoms with E-state index in [2.05, 4.69) is 23.5 Å². The molecule has 1 atom stereocenters. The first kappa shape index (κ1) is 9.37. The van der Waals surface area contributed by atoms with Gasteiger partial charge in [0.05, 0.1) is 12.7 Å². The summed E-state index contributed by atoms with van der Waals surface area (Å²) in [6.07, 6.45) is 4.03. The quantitative estimate of drug-likeness (QED) is 0.681. The van der Waals surface area contributed by atoms with Gasteiger partial charge in [0.1, 0.15) is 0 Å². The lowest BCUT2D eigenvalue weighted by Gasteiger charge is -2.23. The van der Waals surface area contributed by atoms with Crippen molar-refractivity contribution in [3.8, 4) is 0 Å². The smallest absolute Gasteiger partial charge is 0.0966 e. The summed E-state index contributed by atoms with van der Waals surface area (Å²) in [6.45, 7) is 2.47. The third kappa shape index (κ3) is 1.80. The molecule has 0 spiro atoms. The van der Waals surface area contributed by atoms with Crippen molar-refractivity contribution in [2.24, 2.45) is 0 Å². The van der Waals surface area contributed by atoms with E-state index in [4.69, 9.17) is 4.74 Å². The van der Waals surface area contributed by atoms with Crippen LogP contribution in [0.2, 0.25) is 0 Å². The number of fused-ring (bicyclic) bond motifs is 1. The van der Waals surface area contributed by atoms with Crippen LogP contribution in [-0.4, -0.2) is 19.7 Å². The van der Waals surface area contributed by atoms with Crippen LogP contribution in [0, 0.1) is 0 Å². The van der Waals surface area contributed by atoms with E-state index in [0.29, 0.717) is 0 Å². The molecule has 0 N–H and O–H groups in total. The average molecular weight is 202 g/mol. The fourth-order valence-electron chi connectivity index (χ4n) is 2.51. The van der Waals surface area contributed by atoms with E-state index in [1.165, 1.54) is 36.0 Å². The van der Waals surface area contributed by atoms with E-state index in [0.717, 1.165) is 19.7 Å². The Labute approximate surface area is 90.6 Å². The molecule has 1 aliphatic carbocycles. The van der Waals surface area contributed by atoms with Gasteiger partial charge in [-0.15, -0.1) is 0 Å². The standard InChI is InChI=1S/C13H16NO/c1-2-10-4-5-12(8-11(10)3-1)13-9-14-6-7-15-13/h4-5,8,13H,1-3,6-7,9H2. The molecule has 15 heavy (non-hydrogen) atoms. The summed E-state index contributed by atoms with van der Waals surface area (Å²) in [7, 11) is 0. The SMILES string of the molecule is c1cc2c(cc1C1C[N]CCO1)CCC2. The Morgan fingerprint density at radius 3 is 3.00 bits per heavy atom. The molecular weight excluding hydrogens is 186 g/mol. The molecule has 0 amide bonds. The van der Waals surface area contributed by atoms with Crippen molar-refractivity contribution in [3.63, 3.8) is 0 Å². The van der Waals surface area contributed by atoms with Crippen molar-refractivity contribution in [2.75, 3.05) is 19.7 Å². The number of nitrogens with zero attached hydrogens (tertiary/aromatic N) is 1. The van der Waals surface area contributed by atoms with Gasteiger partial charge in [-0.2, -0.15) is 0 Å². The second-order valence-corrected chi connectivity index (χ2v) is 4.37. The minimum absolute atomic E-state index is 0.213. The Hall–Kier alpha value is -0.860. The molecule has 0 aromatic heterocycles. The van der Waals surface area contributed by atoms with Crippen molar-refractivity contribution in [3.05, 3.63) is 34.9 Å². The topological polar surface area (TPSA) is 23.3 Å². The molecule has 1 aromatic rings. The van der Waals surface area contributed by atoms with E-state index in [-0.39, 0.29) is 6.10 Å². The van der Waals surface area contributed by atoms with Crippen LogP contribution in [-0.2, 0) is 17.6 Å². The highest BCUT2D eigenvalue weighted by molar-refractivity contribution is 5.36. The number of rotatable bonds is 1. The predicted molar refractivity (Wildman–Crippen MR) is 59.0 cm³/mol. The maximum Gasteiger partial charge on any atom is 0.0966 e. The van der Waals surface area contributed by atoms with Gasteiger partial charge in [-0.1, -0.05) is 18.2 Å². The molecule has 79 valence electrons. The molecule has 1 heterocycles. The summed E-state index contributed by atoms with van der Waals surface area (Å²) >= 11 is 0. The zero-order valence-corrected chi connectivity index (χ0v) is 8.91. The van der Waals surface area contributed by atoms with Crippen LogP contribution in [0.1, 0.15) is 29.2 Å². The van der Waals surface area contributed by atoms with Crippen LogP contribution in [0.25, 0.3) is 0 Å². The molecule has 2 heteroatoms. The molecule has 2 aliphatic rings. The summed E-state index contributed by atoms with van der Waals surface area (Å²) in [5.41, 5.74) is 4.38. The van der Waals surface area contributed by atoms with Gasteiger partial charge in [0, 0.05) is 13.1 Å². The first-order valence-electron chi connectivity index (χ1n) is 5.80. The van der Waals surface area contributed by atoms with Crippen LogP contribution in [0.3, 0.4) is 0 Å². The fourth-order valence-corrected chi connectivity index (χ4v) is 2.51. The summed E-state index contributed by atoms with van der Waals surface area (Å²) in [6, 6.07) is 6.82. The molecule has 1 fully saturated rings. The molecule has 1 aromatic carbocycles. The van der Waals surface area contributed by atoms with E-state index >= 15 is 0 Å². The van der Waals surface area contributed by atoms with E-state index in [1.54, 1.807) is 0 Å². The van der Waals surface area contributed by atoms with E-state index < -0.39 is 0 Å². The van der Waals surface area contributed by atoms with E-state index in [9.17, 15) is 0 Å². The predicted octanol–water partition coefficient (Wildman–Crippen LogP) is 1.85. The average Bonchev–Trinajstić information content (AvgIpc) is 2.77. The van der Waals surface area contributed by atoms with Crippen LogP contribution in [0.15, 0.2) is 18.2 Å². The Kier molecular flexibility index (Phi) is 2.47. The summed E-state index contributed by atoms with van der Waals surface area (Å²) < 4.78 is 5.73. The van der Waals surface area contributed by atoms with Gasteiger partial charge in [-0.25, -0.2) is 5.32 Å². The monoisotopic (exact) mass is 202 g/mol. The highest BCUT2D eigenvalue weighted by Gasteiger charge is 2.18. The summed E-state index contributed by atoms with van der Waals surface area (Å²) in [5, 5.41) is 4.40. The van der Waals surface area contributed by atoms with Crippen molar-refractivity contribution in [1.29, 1.82) is 0 Å². The minimum atomic E-state index is 0.213. The second kappa shape index (κ2) is 3.95. The molecule has 1 aliphatic heterocycles. The number of benzene rings is 1. The summed E-state index contributed by atoms with van der Waals surface area (Å²) in [5.74, 6) is 0. The number of morpholine rings is 1. The van der Waals surface area contributed by atoms with Crippen LogP contribution >= 0.6 is 0 Å². The molecule has 0 saturated carbocycles. The van der Waals surface area contributed by atoms with Gasteiger partial charge >= 0.3 is 0 Å². The third-order valence-corrected chi connectivity index (χ3v) is 3.36. The van der Waals surface area contributed by atoms with Gasteiger partial charge in [0.2, 0.25) is 0 Å². The lowest BCUT2D eigenvalue weighted by Crippen LogP contribution is -2.28. The highest BCUT2D eigenvalue weighted by Crippen LogP contribution is 2.27. The van der Waals surface area contributed by atoms with Crippen molar-refractivity contribution >= 4 is 0 Å². The molecule has 1 unspecified atom stereocenters. The maximum absolute atomic E-state index is 5.73. The van der Waals surface area contributed by atoms with Gasteiger partial charge in [-0.05, 0) is 36.0 Å². The molecule has 0 bridgehead atoms.